The van der Waals surface area contributed by atoms with Crippen LogP contribution in [0.1, 0.15) is 29.1 Å². The van der Waals surface area contributed by atoms with Crippen LogP contribution in [0.5, 0.6) is 0 Å². The molecule has 2 N–H and O–H groups in total. The molecule has 0 atom stereocenters. The van der Waals surface area contributed by atoms with Crippen LogP contribution in [0.4, 0.5) is 0 Å². The highest BCUT2D eigenvalue weighted by atomic mass is 16.2. The van der Waals surface area contributed by atoms with Crippen LogP contribution >= 0.6 is 0 Å². The summed E-state index contributed by atoms with van der Waals surface area (Å²) >= 11 is 0. The third kappa shape index (κ3) is 4.41. The highest BCUT2D eigenvalue weighted by Gasteiger charge is 2.08. The summed E-state index contributed by atoms with van der Waals surface area (Å²) in [6.45, 7) is 7.72. The van der Waals surface area contributed by atoms with E-state index in [0.29, 0.717) is 18.8 Å². The second-order valence-corrected chi connectivity index (χ2v) is 6.07. The van der Waals surface area contributed by atoms with Crippen molar-refractivity contribution in [3.63, 3.8) is 0 Å². The van der Waals surface area contributed by atoms with Crippen molar-refractivity contribution in [2.24, 2.45) is 0 Å². The molecule has 0 aliphatic heterocycles. The SMILES string of the molecule is Cc1cc(=O)n(CCN(C)CCCc2c(C)n[nH]c2C)c(=O)[nH]1. The topological polar surface area (TPSA) is 86.8 Å². The molecule has 2 rings (SSSR count). The molecular weight excluding hydrogens is 294 g/mol. The number of aromatic nitrogens is 4. The summed E-state index contributed by atoms with van der Waals surface area (Å²) in [7, 11) is 2.00. The molecule has 7 nitrogen and oxygen atoms in total. The molecule has 0 unspecified atom stereocenters. The van der Waals surface area contributed by atoms with Gasteiger partial charge in [-0.05, 0) is 52.8 Å². The van der Waals surface area contributed by atoms with Crippen molar-refractivity contribution in [3.05, 3.63) is 49.5 Å². The number of likely N-dealkylation sites (N-methyl/N-ethyl adjacent to an activating group) is 1. The van der Waals surface area contributed by atoms with Gasteiger partial charge in [0.1, 0.15) is 0 Å². The van der Waals surface area contributed by atoms with Crippen LogP contribution in [-0.4, -0.2) is 44.8 Å². The van der Waals surface area contributed by atoms with Crippen LogP contribution in [-0.2, 0) is 13.0 Å². The summed E-state index contributed by atoms with van der Waals surface area (Å²) in [6, 6.07) is 1.45. The lowest BCUT2D eigenvalue weighted by molar-refractivity contribution is 0.310. The van der Waals surface area contributed by atoms with Gasteiger partial charge in [-0.15, -0.1) is 0 Å². The van der Waals surface area contributed by atoms with E-state index in [9.17, 15) is 9.59 Å². The van der Waals surface area contributed by atoms with Crippen LogP contribution in [0.25, 0.3) is 0 Å². The largest absolute Gasteiger partial charge is 0.328 e. The quantitative estimate of drug-likeness (QED) is 0.788. The van der Waals surface area contributed by atoms with Gasteiger partial charge in [0.2, 0.25) is 0 Å². The van der Waals surface area contributed by atoms with E-state index in [-0.39, 0.29) is 11.2 Å². The number of nitrogens with one attached hydrogen (secondary N) is 2. The Morgan fingerprint density at radius 1 is 1.22 bits per heavy atom. The number of hydrogen-bond acceptors (Lipinski definition) is 4. The molecule has 0 bridgehead atoms. The second-order valence-electron chi connectivity index (χ2n) is 6.07. The molecule has 0 radical (unpaired) electrons. The van der Waals surface area contributed by atoms with Crippen molar-refractivity contribution in [1.82, 2.24) is 24.6 Å². The molecule has 0 aliphatic rings. The molecular formula is C16H25N5O2. The molecule has 0 amide bonds. The molecule has 126 valence electrons. The molecule has 2 aromatic heterocycles. The first-order chi connectivity index (χ1) is 10.9. The average molecular weight is 319 g/mol. The van der Waals surface area contributed by atoms with E-state index in [1.54, 1.807) is 6.92 Å². The van der Waals surface area contributed by atoms with Crippen molar-refractivity contribution in [3.8, 4) is 0 Å². The summed E-state index contributed by atoms with van der Waals surface area (Å²) in [6.07, 6.45) is 1.99. The second kappa shape index (κ2) is 7.41. The minimum atomic E-state index is -0.340. The van der Waals surface area contributed by atoms with Gasteiger partial charge in [0.25, 0.3) is 5.56 Å². The average Bonchev–Trinajstić information content (AvgIpc) is 2.78. The van der Waals surface area contributed by atoms with Gasteiger partial charge in [0, 0.05) is 30.5 Å². The predicted molar refractivity (Wildman–Crippen MR) is 89.9 cm³/mol. The highest BCUT2D eigenvalue weighted by molar-refractivity contribution is 5.23. The van der Waals surface area contributed by atoms with Gasteiger partial charge in [-0.25, -0.2) is 4.79 Å². The van der Waals surface area contributed by atoms with Gasteiger partial charge in [-0.3, -0.25) is 14.5 Å². The smallest absolute Gasteiger partial charge is 0.311 e. The number of H-pyrrole nitrogens is 2. The molecule has 7 heteroatoms. The standard InChI is InChI=1S/C16H25N5O2/c1-11-10-15(22)21(16(23)17-11)9-8-20(4)7-5-6-14-12(2)18-19-13(14)3/h10H,5-9H2,1-4H3,(H,17,23)(H,18,19). The van der Waals surface area contributed by atoms with E-state index in [1.807, 2.05) is 20.9 Å². The highest BCUT2D eigenvalue weighted by Crippen LogP contribution is 2.11. The monoisotopic (exact) mass is 319 g/mol. The summed E-state index contributed by atoms with van der Waals surface area (Å²) in [4.78, 5) is 28.4. The van der Waals surface area contributed by atoms with Gasteiger partial charge in [0.15, 0.2) is 0 Å². The minimum Gasteiger partial charge on any atom is -0.311 e. The van der Waals surface area contributed by atoms with E-state index in [4.69, 9.17) is 0 Å². The lowest BCUT2D eigenvalue weighted by Crippen LogP contribution is -2.38. The Hall–Kier alpha value is -2.15. The minimum absolute atomic E-state index is 0.246. The number of aromatic amines is 2. The number of aryl methyl sites for hydroxylation is 3. The third-order valence-electron chi connectivity index (χ3n) is 4.11. The van der Waals surface area contributed by atoms with E-state index in [1.165, 1.54) is 16.2 Å². The Labute approximate surface area is 135 Å². The molecule has 0 aliphatic carbocycles. The van der Waals surface area contributed by atoms with E-state index in [2.05, 4.69) is 20.1 Å². The zero-order valence-corrected chi connectivity index (χ0v) is 14.3. The molecule has 0 aromatic carbocycles. The van der Waals surface area contributed by atoms with Gasteiger partial charge < -0.3 is 9.88 Å². The fourth-order valence-electron chi connectivity index (χ4n) is 2.70. The molecule has 0 spiro atoms. The Morgan fingerprint density at radius 3 is 2.57 bits per heavy atom. The van der Waals surface area contributed by atoms with Gasteiger partial charge in [0.05, 0.1) is 5.69 Å². The maximum atomic E-state index is 11.8. The number of rotatable bonds is 7. The molecule has 0 saturated heterocycles. The zero-order chi connectivity index (χ0) is 17.0. The summed E-state index contributed by atoms with van der Waals surface area (Å²) in [5.41, 5.74) is 3.48. The maximum absolute atomic E-state index is 11.8. The summed E-state index contributed by atoms with van der Waals surface area (Å²) in [5.74, 6) is 0. The van der Waals surface area contributed by atoms with Crippen molar-refractivity contribution in [2.75, 3.05) is 20.1 Å². The summed E-state index contributed by atoms with van der Waals surface area (Å²) in [5, 5.41) is 7.20. The summed E-state index contributed by atoms with van der Waals surface area (Å²) < 4.78 is 1.24. The first-order valence-corrected chi connectivity index (χ1v) is 7.88. The Bertz CT molecular complexity index is 721. The van der Waals surface area contributed by atoms with Crippen LogP contribution in [0.2, 0.25) is 0 Å². The Balaban J connectivity index is 1.83. The first kappa shape index (κ1) is 17.2. The Kier molecular flexibility index (Phi) is 5.54. The lowest BCUT2D eigenvalue weighted by Gasteiger charge is -2.17. The number of nitrogens with zero attached hydrogens (tertiary/aromatic N) is 3. The number of hydrogen-bond donors (Lipinski definition) is 2. The Morgan fingerprint density at radius 2 is 1.96 bits per heavy atom. The van der Waals surface area contributed by atoms with Gasteiger partial charge in [-0.1, -0.05) is 0 Å². The third-order valence-corrected chi connectivity index (χ3v) is 4.11. The van der Waals surface area contributed by atoms with Crippen molar-refractivity contribution < 1.29 is 0 Å². The van der Waals surface area contributed by atoms with Crippen molar-refractivity contribution in [2.45, 2.75) is 40.2 Å². The molecule has 0 fully saturated rings. The van der Waals surface area contributed by atoms with Crippen LogP contribution in [0.3, 0.4) is 0 Å². The van der Waals surface area contributed by atoms with Crippen LogP contribution in [0, 0.1) is 20.8 Å². The lowest BCUT2D eigenvalue weighted by atomic mass is 10.1. The van der Waals surface area contributed by atoms with Gasteiger partial charge in [-0.2, -0.15) is 5.10 Å². The predicted octanol–water partition coefficient (Wildman–Crippen LogP) is 0.750. The van der Waals surface area contributed by atoms with Crippen LogP contribution in [0.15, 0.2) is 15.7 Å². The fourth-order valence-corrected chi connectivity index (χ4v) is 2.70. The normalized spacial score (nSPS) is 11.3. The van der Waals surface area contributed by atoms with E-state index < -0.39 is 0 Å². The maximum Gasteiger partial charge on any atom is 0.328 e. The van der Waals surface area contributed by atoms with Crippen molar-refractivity contribution in [1.29, 1.82) is 0 Å². The van der Waals surface area contributed by atoms with Crippen LogP contribution < -0.4 is 11.2 Å². The molecule has 0 saturated carbocycles. The van der Waals surface area contributed by atoms with E-state index in [0.717, 1.165) is 30.8 Å². The van der Waals surface area contributed by atoms with Gasteiger partial charge >= 0.3 is 5.69 Å². The first-order valence-electron chi connectivity index (χ1n) is 7.88. The van der Waals surface area contributed by atoms with Crippen molar-refractivity contribution >= 4 is 0 Å². The molecule has 2 aromatic rings. The van der Waals surface area contributed by atoms with E-state index >= 15 is 0 Å². The molecule has 23 heavy (non-hydrogen) atoms. The fraction of sp³-hybridized carbons (Fsp3) is 0.562. The zero-order valence-electron chi connectivity index (χ0n) is 14.3. The molecule has 2 heterocycles.